The van der Waals surface area contributed by atoms with Gasteiger partial charge in [0.1, 0.15) is 5.82 Å². The van der Waals surface area contributed by atoms with Gasteiger partial charge in [0.2, 0.25) is 0 Å². The molecule has 1 aromatic rings. The number of rotatable bonds is 4. The van der Waals surface area contributed by atoms with E-state index in [0.717, 1.165) is 0 Å². The lowest BCUT2D eigenvalue weighted by Gasteiger charge is -2.19. The van der Waals surface area contributed by atoms with Crippen LogP contribution in [0.3, 0.4) is 0 Å². The lowest BCUT2D eigenvalue weighted by Crippen LogP contribution is -2.40. The van der Waals surface area contributed by atoms with Gasteiger partial charge in [0.15, 0.2) is 0 Å². The van der Waals surface area contributed by atoms with Gasteiger partial charge in [-0.1, -0.05) is 45.4 Å². The van der Waals surface area contributed by atoms with Crippen LogP contribution in [0.25, 0.3) is 0 Å². The predicted octanol–water partition coefficient (Wildman–Crippen LogP) is 3.54. The van der Waals surface area contributed by atoms with Gasteiger partial charge in [-0.15, -0.1) is 0 Å². The number of nitrogens with one attached hydrogen (secondary N) is 1. The molecule has 1 aliphatic carbocycles. The largest absolute Gasteiger partial charge is 0.271 e. The van der Waals surface area contributed by atoms with Gasteiger partial charge in [0.05, 0.1) is 0 Å². The Balaban J connectivity index is 2.22. The Kier molecular flexibility index (Phi) is 3.67. The van der Waals surface area contributed by atoms with Gasteiger partial charge in [0, 0.05) is 16.6 Å². The summed E-state index contributed by atoms with van der Waals surface area (Å²) >= 11 is 6.09. The third kappa shape index (κ3) is 2.28. The second kappa shape index (κ2) is 4.72. The molecule has 106 valence electrons. The summed E-state index contributed by atoms with van der Waals surface area (Å²) in [5.74, 6) is 5.83. The first-order valence-corrected chi connectivity index (χ1v) is 7.00. The van der Waals surface area contributed by atoms with Crippen molar-refractivity contribution in [3.63, 3.8) is 0 Å². The van der Waals surface area contributed by atoms with Crippen LogP contribution in [0.15, 0.2) is 18.2 Å². The summed E-state index contributed by atoms with van der Waals surface area (Å²) in [4.78, 5) is 0. The van der Waals surface area contributed by atoms with Gasteiger partial charge in [-0.25, -0.2) is 4.39 Å². The van der Waals surface area contributed by atoms with Crippen LogP contribution in [0.5, 0.6) is 0 Å². The van der Waals surface area contributed by atoms with Crippen LogP contribution in [-0.2, 0) is 6.42 Å². The Morgan fingerprint density at radius 3 is 2.32 bits per heavy atom. The van der Waals surface area contributed by atoms with Crippen molar-refractivity contribution in [3.05, 3.63) is 34.6 Å². The van der Waals surface area contributed by atoms with Crippen molar-refractivity contribution in [1.29, 1.82) is 0 Å². The first-order chi connectivity index (χ1) is 8.73. The zero-order valence-corrected chi connectivity index (χ0v) is 12.7. The van der Waals surface area contributed by atoms with Gasteiger partial charge in [-0.2, -0.15) is 0 Å². The van der Waals surface area contributed by atoms with Crippen molar-refractivity contribution in [2.24, 2.45) is 22.6 Å². The fourth-order valence-electron chi connectivity index (χ4n) is 3.47. The Labute approximate surface area is 119 Å². The van der Waals surface area contributed by atoms with Crippen LogP contribution in [0.4, 0.5) is 4.39 Å². The van der Waals surface area contributed by atoms with Gasteiger partial charge >= 0.3 is 0 Å². The molecule has 0 bridgehead atoms. The highest BCUT2D eigenvalue weighted by molar-refractivity contribution is 6.31. The standard InChI is InChI=1S/C15H22ClFN2/c1-14(2)13(15(14,3)4)12(19-18)8-9-10(16)6-5-7-11(9)17/h5-7,12-13,19H,8,18H2,1-4H3. The van der Waals surface area contributed by atoms with E-state index in [1.54, 1.807) is 12.1 Å². The van der Waals surface area contributed by atoms with Gasteiger partial charge in [-0.05, 0) is 35.3 Å². The Hall–Kier alpha value is -0.640. The molecule has 0 heterocycles. The highest BCUT2D eigenvalue weighted by Crippen LogP contribution is 2.69. The van der Waals surface area contributed by atoms with E-state index < -0.39 is 0 Å². The van der Waals surface area contributed by atoms with Crippen LogP contribution in [0.2, 0.25) is 5.02 Å². The van der Waals surface area contributed by atoms with Crippen molar-refractivity contribution in [2.75, 3.05) is 0 Å². The summed E-state index contributed by atoms with van der Waals surface area (Å²) in [5, 5.41) is 0.469. The first-order valence-electron chi connectivity index (χ1n) is 6.62. The number of hydrogen-bond acceptors (Lipinski definition) is 2. The summed E-state index contributed by atoms with van der Waals surface area (Å²) in [6, 6.07) is 4.81. The zero-order chi connectivity index (χ0) is 14.4. The molecule has 1 aromatic carbocycles. The van der Waals surface area contributed by atoms with E-state index in [4.69, 9.17) is 17.4 Å². The predicted molar refractivity (Wildman–Crippen MR) is 77.3 cm³/mol. The second-order valence-corrected chi connectivity index (χ2v) is 7.01. The van der Waals surface area contributed by atoms with Crippen LogP contribution >= 0.6 is 11.6 Å². The molecule has 0 aliphatic heterocycles. The summed E-state index contributed by atoms with van der Waals surface area (Å²) in [5.41, 5.74) is 3.79. The summed E-state index contributed by atoms with van der Waals surface area (Å²) in [7, 11) is 0. The minimum atomic E-state index is -0.260. The van der Waals surface area contributed by atoms with E-state index >= 15 is 0 Å². The van der Waals surface area contributed by atoms with Gasteiger partial charge in [0.25, 0.3) is 0 Å². The fraction of sp³-hybridized carbons (Fsp3) is 0.600. The summed E-state index contributed by atoms with van der Waals surface area (Å²) in [6.07, 6.45) is 0.513. The van der Waals surface area contributed by atoms with Gasteiger partial charge in [-0.3, -0.25) is 11.3 Å². The van der Waals surface area contributed by atoms with Crippen molar-refractivity contribution in [1.82, 2.24) is 5.43 Å². The van der Waals surface area contributed by atoms with Crippen molar-refractivity contribution in [3.8, 4) is 0 Å². The molecule has 0 amide bonds. The van der Waals surface area contributed by atoms with Crippen LogP contribution in [0, 0.1) is 22.6 Å². The van der Waals surface area contributed by atoms with Crippen LogP contribution in [-0.4, -0.2) is 6.04 Å². The number of hydrazine groups is 1. The molecular formula is C15H22ClFN2. The minimum Gasteiger partial charge on any atom is -0.271 e. The number of halogens is 2. The van der Waals surface area contributed by atoms with Crippen molar-refractivity contribution >= 4 is 11.6 Å². The van der Waals surface area contributed by atoms with Crippen molar-refractivity contribution in [2.45, 2.75) is 40.2 Å². The summed E-state index contributed by atoms with van der Waals surface area (Å²) in [6.45, 7) is 8.91. The number of benzene rings is 1. The van der Waals surface area contributed by atoms with E-state index in [2.05, 4.69) is 33.1 Å². The maximum atomic E-state index is 13.9. The molecule has 0 spiro atoms. The molecule has 4 heteroatoms. The Morgan fingerprint density at radius 1 is 1.32 bits per heavy atom. The molecule has 2 rings (SSSR count). The van der Waals surface area contributed by atoms with Crippen LogP contribution in [0.1, 0.15) is 33.3 Å². The lowest BCUT2D eigenvalue weighted by molar-refractivity contribution is 0.397. The fourth-order valence-corrected chi connectivity index (χ4v) is 3.71. The average Bonchev–Trinajstić information content (AvgIpc) is 2.71. The highest BCUT2D eigenvalue weighted by Gasteiger charge is 2.66. The molecule has 0 aromatic heterocycles. The minimum absolute atomic E-state index is 0.0272. The van der Waals surface area contributed by atoms with Gasteiger partial charge < -0.3 is 0 Å². The van der Waals surface area contributed by atoms with E-state index in [1.165, 1.54) is 6.07 Å². The topological polar surface area (TPSA) is 38.0 Å². The smallest absolute Gasteiger partial charge is 0.127 e. The quantitative estimate of drug-likeness (QED) is 0.656. The van der Waals surface area contributed by atoms with E-state index in [0.29, 0.717) is 22.9 Å². The molecule has 1 unspecified atom stereocenters. The van der Waals surface area contributed by atoms with Crippen LogP contribution < -0.4 is 11.3 Å². The van der Waals surface area contributed by atoms with E-state index in [-0.39, 0.29) is 22.7 Å². The lowest BCUT2D eigenvalue weighted by atomic mass is 9.97. The highest BCUT2D eigenvalue weighted by atomic mass is 35.5. The molecule has 1 fully saturated rings. The SMILES string of the molecule is CC1(C)C(C(Cc2c(F)cccc2Cl)NN)C1(C)C. The molecule has 0 saturated heterocycles. The second-order valence-electron chi connectivity index (χ2n) is 6.60. The molecule has 1 aliphatic rings. The molecule has 1 atom stereocenters. The zero-order valence-electron chi connectivity index (χ0n) is 11.9. The normalized spacial score (nSPS) is 22.3. The first kappa shape index (κ1) is 14.8. The number of nitrogens with two attached hydrogens (primary N) is 1. The molecule has 19 heavy (non-hydrogen) atoms. The monoisotopic (exact) mass is 284 g/mol. The number of hydrogen-bond donors (Lipinski definition) is 2. The average molecular weight is 285 g/mol. The Bertz CT molecular complexity index is 451. The Morgan fingerprint density at radius 2 is 1.89 bits per heavy atom. The third-order valence-corrected chi connectivity index (χ3v) is 5.59. The summed E-state index contributed by atoms with van der Waals surface area (Å²) < 4.78 is 13.9. The molecule has 0 radical (unpaired) electrons. The van der Waals surface area contributed by atoms with E-state index in [9.17, 15) is 4.39 Å². The molecular weight excluding hydrogens is 263 g/mol. The maximum Gasteiger partial charge on any atom is 0.127 e. The maximum absolute atomic E-state index is 13.9. The molecule has 1 saturated carbocycles. The third-order valence-electron chi connectivity index (χ3n) is 5.23. The molecule has 3 N–H and O–H groups in total. The molecule has 2 nitrogen and oxygen atoms in total. The van der Waals surface area contributed by atoms with E-state index in [1.807, 2.05) is 0 Å². The van der Waals surface area contributed by atoms with Crippen molar-refractivity contribution < 1.29 is 4.39 Å².